The number of ether oxygens (including phenoxy) is 2. The maximum atomic E-state index is 11.6. The Morgan fingerprint density at radius 3 is 2.43 bits per heavy atom. The van der Waals surface area contributed by atoms with E-state index < -0.39 is 6.09 Å². The first-order chi connectivity index (χ1) is 11.1. The lowest BCUT2D eigenvalue weighted by Crippen LogP contribution is -2.32. The summed E-state index contributed by atoms with van der Waals surface area (Å²) in [6.45, 7) is -0.176. The number of benzene rings is 2. The van der Waals surface area contributed by atoms with Crippen LogP contribution in [-0.4, -0.2) is 25.7 Å². The van der Waals surface area contributed by atoms with E-state index in [1.807, 2.05) is 12.1 Å². The minimum Gasteiger partial charge on any atom is -0.456 e. The lowest BCUT2D eigenvalue weighted by molar-refractivity contribution is -0.115. The van der Waals surface area contributed by atoms with Crippen LogP contribution in [0.5, 0.6) is 11.5 Å². The minimum absolute atomic E-state index is 0.176. The summed E-state index contributed by atoms with van der Waals surface area (Å²) >= 11 is 6.02. The third-order valence-corrected chi connectivity index (χ3v) is 3.09. The number of carbonyl (C=O) groups excluding carboxylic acids is 2. The Kier molecular flexibility index (Phi) is 5.82. The van der Waals surface area contributed by atoms with E-state index >= 15 is 0 Å². The molecule has 7 heteroatoms. The van der Waals surface area contributed by atoms with Gasteiger partial charge >= 0.3 is 6.09 Å². The number of para-hydroxylation sites is 1. The molecule has 0 atom stereocenters. The fourth-order valence-corrected chi connectivity index (χ4v) is 1.86. The summed E-state index contributed by atoms with van der Waals surface area (Å²) in [7, 11) is 1.23. The maximum absolute atomic E-state index is 11.6. The van der Waals surface area contributed by atoms with Crippen molar-refractivity contribution in [2.75, 3.05) is 19.0 Å². The van der Waals surface area contributed by atoms with Crippen LogP contribution in [0.1, 0.15) is 0 Å². The molecule has 6 nitrogen and oxygen atoms in total. The molecule has 0 unspecified atom stereocenters. The van der Waals surface area contributed by atoms with Crippen molar-refractivity contribution in [1.29, 1.82) is 0 Å². The Labute approximate surface area is 138 Å². The Balaban J connectivity index is 1.91. The lowest BCUT2D eigenvalue weighted by atomic mass is 10.3. The lowest BCUT2D eigenvalue weighted by Gasteiger charge is -2.09. The second-order valence-electron chi connectivity index (χ2n) is 4.45. The van der Waals surface area contributed by atoms with Gasteiger partial charge in [-0.05, 0) is 36.4 Å². The predicted molar refractivity (Wildman–Crippen MR) is 87.0 cm³/mol. The summed E-state index contributed by atoms with van der Waals surface area (Å²) in [5, 5.41) is 5.44. The van der Waals surface area contributed by atoms with Crippen molar-refractivity contribution in [2.24, 2.45) is 0 Å². The molecule has 2 amide bonds. The summed E-state index contributed by atoms with van der Waals surface area (Å²) in [6, 6.07) is 13.9. The molecule has 120 valence electrons. The van der Waals surface area contributed by atoms with E-state index in [2.05, 4.69) is 15.4 Å². The molecule has 0 saturated carbocycles. The summed E-state index contributed by atoms with van der Waals surface area (Å²) in [4.78, 5) is 22.5. The molecule has 0 spiro atoms. The van der Waals surface area contributed by atoms with Gasteiger partial charge < -0.3 is 20.1 Å². The molecule has 0 saturated heterocycles. The van der Waals surface area contributed by atoms with Crippen molar-refractivity contribution >= 4 is 29.3 Å². The number of nitrogens with one attached hydrogen (secondary N) is 2. The zero-order valence-electron chi connectivity index (χ0n) is 12.3. The Bertz CT molecular complexity index is 689. The molecule has 0 aromatic heterocycles. The third kappa shape index (κ3) is 5.19. The van der Waals surface area contributed by atoms with E-state index in [4.69, 9.17) is 16.3 Å². The predicted octanol–water partition coefficient (Wildman–Crippen LogP) is 3.43. The van der Waals surface area contributed by atoms with Gasteiger partial charge in [0.1, 0.15) is 18.0 Å². The largest absolute Gasteiger partial charge is 0.456 e. The molecule has 2 aromatic carbocycles. The highest BCUT2D eigenvalue weighted by Gasteiger charge is 2.06. The van der Waals surface area contributed by atoms with E-state index in [1.54, 1.807) is 36.4 Å². The van der Waals surface area contributed by atoms with Gasteiger partial charge in [-0.3, -0.25) is 4.79 Å². The van der Waals surface area contributed by atoms with Crippen LogP contribution < -0.4 is 15.4 Å². The molecular formula is C16H15ClN2O4. The van der Waals surface area contributed by atoms with E-state index in [0.29, 0.717) is 22.2 Å². The monoisotopic (exact) mass is 334 g/mol. The van der Waals surface area contributed by atoms with Gasteiger partial charge in [-0.2, -0.15) is 0 Å². The number of rotatable bonds is 5. The van der Waals surface area contributed by atoms with Crippen LogP contribution >= 0.6 is 11.6 Å². The number of anilines is 1. The maximum Gasteiger partial charge on any atom is 0.407 e. The smallest absolute Gasteiger partial charge is 0.407 e. The number of alkyl carbamates (subject to hydrolysis) is 1. The van der Waals surface area contributed by atoms with Crippen molar-refractivity contribution in [3.05, 3.63) is 53.6 Å². The fourth-order valence-electron chi connectivity index (χ4n) is 1.69. The number of halogens is 1. The number of hydrogen-bond acceptors (Lipinski definition) is 4. The molecule has 0 radical (unpaired) electrons. The van der Waals surface area contributed by atoms with Crippen LogP contribution in [-0.2, 0) is 9.53 Å². The molecule has 0 aliphatic carbocycles. The average molecular weight is 335 g/mol. The summed E-state index contributed by atoms with van der Waals surface area (Å²) in [6.07, 6.45) is -0.663. The first kappa shape index (κ1) is 16.6. The number of amides is 2. The molecule has 0 aliphatic rings. The molecule has 0 fully saturated rings. The second-order valence-corrected chi connectivity index (χ2v) is 4.86. The summed E-state index contributed by atoms with van der Waals surface area (Å²) in [5.74, 6) is 0.771. The standard InChI is InChI=1S/C16H15ClN2O4/c1-22-16(21)18-10-15(20)19-11-6-8-12(9-7-11)23-14-5-3-2-4-13(14)17/h2-9H,10H2,1H3,(H,18,21)(H,19,20). The highest BCUT2D eigenvalue weighted by Crippen LogP contribution is 2.29. The summed E-state index contributed by atoms with van der Waals surface area (Å²) in [5.41, 5.74) is 0.577. The number of hydrogen-bond donors (Lipinski definition) is 2. The average Bonchev–Trinajstić information content (AvgIpc) is 2.56. The molecule has 2 N–H and O–H groups in total. The van der Waals surface area contributed by atoms with Crippen LogP contribution in [0.2, 0.25) is 5.02 Å². The minimum atomic E-state index is -0.663. The Hall–Kier alpha value is -2.73. The van der Waals surface area contributed by atoms with Gasteiger partial charge in [-0.15, -0.1) is 0 Å². The van der Waals surface area contributed by atoms with E-state index in [0.717, 1.165) is 0 Å². The molecular weight excluding hydrogens is 320 g/mol. The summed E-state index contributed by atoms with van der Waals surface area (Å²) < 4.78 is 10.0. The van der Waals surface area contributed by atoms with Crippen LogP contribution in [0.25, 0.3) is 0 Å². The third-order valence-electron chi connectivity index (χ3n) is 2.78. The Morgan fingerprint density at radius 1 is 1.09 bits per heavy atom. The Morgan fingerprint density at radius 2 is 1.78 bits per heavy atom. The molecule has 0 aliphatic heterocycles. The SMILES string of the molecule is COC(=O)NCC(=O)Nc1ccc(Oc2ccccc2Cl)cc1. The topological polar surface area (TPSA) is 76.7 Å². The fraction of sp³-hybridized carbons (Fsp3) is 0.125. The van der Waals surface area contributed by atoms with E-state index in [-0.39, 0.29) is 12.5 Å². The van der Waals surface area contributed by atoms with E-state index in [9.17, 15) is 9.59 Å². The molecule has 0 bridgehead atoms. The van der Waals surface area contributed by atoms with Crippen LogP contribution in [0.4, 0.5) is 10.5 Å². The van der Waals surface area contributed by atoms with E-state index in [1.165, 1.54) is 7.11 Å². The van der Waals surface area contributed by atoms with Gasteiger partial charge in [0, 0.05) is 5.69 Å². The number of methoxy groups -OCH3 is 1. The zero-order valence-corrected chi connectivity index (χ0v) is 13.1. The van der Waals surface area contributed by atoms with Gasteiger partial charge in [0.25, 0.3) is 0 Å². The van der Waals surface area contributed by atoms with Gasteiger partial charge in [0.2, 0.25) is 5.91 Å². The van der Waals surface area contributed by atoms with Crippen LogP contribution in [0.15, 0.2) is 48.5 Å². The van der Waals surface area contributed by atoms with Gasteiger partial charge in [-0.25, -0.2) is 4.79 Å². The van der Waals surface area contributed by atoms with Crippen molar-refractivity contribution in [3.8, 4) is 11.5 Å². The molecule has 0 heterocycles. The molecule has 2 aromatic rings. The molecule has 2 rings (SSSR count). The van der Waals surface area contributed by atoms with Gasteiger partial charge in [-0.1, -0.05) is 23.7 Å². The van der Waals surface area contributed by atoms with Crippen molar-refractivity contribution in [2.45, 2.75) is 0 Å². The quantitative estimate of drug-likeness (QED) is 0.878. The highest BCUT2D eigenvalue weighted by atomic mass is 35.5. The van der Waals surface area contributed by atoms with Crippen LogP contribution in [0.3, 0.4) is 0 Å². The van der Waals surface area contributed by atoms with Gasteiger partial charge in [0.05, 0.1) is 12.1 Å². The zero-order chi connectivity index (χ0) is 16.7. The van der Waals surface area contributed by atoms with Gasteiger partial charge in [0.15, 0.2) is 0 Å². The van der Waals surface area contributed by atoms with Crippen LogP contribution in [0, 0.1) is 0 Å². The first-order valence-electron chi connectivity index (χ1n) is 6.72. The normalized spacial score (nSPS) is 9.83. The second kappa shape index (κ2) is 8.05. The molecule has 23 heavy (non-hydrogen) atoms. The number of carbonyl (C=O) groups is 2. The van der Waals surface area contributed by atoms with Crippen molar-refractivity contribution in [3.63, 3.8) is 0 Å². The first-order valence-corrected chi connectivity index (χ1v) is 7.10. The highest BCUT2D eigenvalue weighted by molar-refractivity contribution is 6.32. The van der Waals surface area contributed by atoms with Crippen molar-refractivity contribution < 1.29 is 19.1 Å². The van der Waals surface area contributed by atoms with Crippen molar-refractivity contribution in [1.82, 2.24) is 5.32 Å².